The molecule has 0 saturated heterocycles. The van der Waals surface area contributed by atoms with Crippen molar-refractivity contribution in [1.29, 1.82) is 0 Å². The predicted octanol–water partition coefficient (Wildman–Crippen LogP) is 1.26. The first kappa shape index (κ1) is 12.7. The summed E-state index contributed by atoms with van der Waals surface area (Å²) >= 11 is 0. The Morgan fingerprint density at radius 1 is 1.39 bits per heavy atom. The largest absolute Gasteiger partial charge is 0.396 e. The number of rotatable bonds is 4. The normalized spacial score (nSPS) is 12.7. The molecular formula is C13H16FN3O. The van der Waals surface area contributed by atoms with Crippen molar-refractivity contribution in [2.75, 3.05) is 13.2 Å². The van der Waals surface area contributed by atoms with E-state index < -0.39 is 0 Å². The molecule has 0 aliphatic heterocycles. The summed E-state index contributed by atoms with van der Waals surface area (Å²) in [5, 5.41) is 13.6. The van der Waals surface area contributed by atoms with E-state index in [1.54, 1.807) is 23.9 Å². The molecule has 1 atom stereocenters. The summed E-state index contributed by atoms with van der Waals surface area (Å²) in [4.78, 5) is 0. The van der Waals surface area contributed by atoms with E-state index in [2.05, 4.69) is 5.10 Å². The van der Waals surface area contributed by atoms with Crippen LogP contribution in [0, 0.1) is 5.82 Å². The minimum atomic E-state index is -0.273. The van der Waals surface area contributed by atoms with Gasteiger partial charge >= 0.3 is 0 Å². The van der Waals surface area contributed by atoms with Gasteiger partial charge in [0, 0.05) is 30.8 Å². The Morgan fingerprint density at radius 3 is 2.61 bits per heavy atom. The van der Waals surface area contributed by atoms with Gasteiger partial charge in [-0.15, -0.1) is 0 Å². The predicted molar refractivity (Wildman–Crippen MR) is 67.5 cm³/mol. The van der Waals surface area contributed by atoms with Gasteiger partial charge in [-0.05, 0) is 30.3 Å². The van der Waals surface area contributed by atoms with Crippen molar-refractivity contribution in [2.24, 2.45) is 12.8 Å². The number of hydrogen-bond acceptors (Lipinski definition) is 3. The first-order chi connectivity index (χ1) is 8.65. The first-order valence-corrected chi connectivity index (χ1v) is 5.76. The minimum absolute atomic E-state index is 0.0150. The fourth-order valence-corrected chi connectivity index (χ4v) is 1.91. The van der Waals surface area contributed by atoms with Crippen molar-refractivity contribution in [3.63, 3.8) is 0 Å². The van der Waals surface area contributed by atoms with Crippen LogP contribution in [0.3, 0.4) is 0 Å². The Bertz CT molecular complexity index is 518. The first-order valence-electron chi connectivity index (χ1n) is 5.76. The van der Waals surface area contributed by atoms with Crippen LogP contribution in [0.2, 0.25) is 0 Å². The highest BCUT2D eigenvalue weighted by Crippen LogP contribution is 2.22. The molecule has 0 radical (unpaired) electrons. The molecule has 18 heavy (non-hydrogen) atoms. The number of aryl methyl sites for hydroxylation is 1. The molecular weight excluding hydrogens is 233 g/mol. The number of hydrogen-bond donors (Lipinski definition) is 2. The average Bonchev–Trinajstić information content (AvgIpc) is 2.74. The topological polar surface area (TPSA) is 64.1 Å². The fourth-order valence-electron chi connectivity index (χ4n) is 1.91. The van der Waals surface area contributed by atoms with E-state index >= 15 is 0 Å². The van der Waals surface area contributed by atoms with Gasteiger partial charge in [-0.25, -0.2) is 4.39 Å². The standard InChI is InChI=1S/C13H16FN3O/c1-17-13(10(7-15)8-18)6-12(16-17)9-2-4-11(14)5-3-9/h2-6,10,18H,7-8,15H2,1H3. The molecule has 2 rings (SSSR count). The van der Waals surface area contributed by atoms with Crippen molar-refractivity contribution < 1.29 is 9.50 Å². The number of benzene rings is 1. The third-order valence-corrected chi connectivity index (χ3v) is 2.98. The third kappa shape index (κ3) is 2.42. The zero-order valence-corrected chi connectivity index (χ0v) is 10.2. The number of aliphatic hydroxyl groups excluding tert-OH is 1. The highest BCUT2D eigenvalue weighted by molar-refractivity contribution is 5.59. The molecule has 0 aliphatic rings. The zero-order chi connectivity index (χ0) is 13.1. The Labute approximate surface area is 105 Å². The van der Waals surface area contributed by atoms with Crippen LogP contribution in [-0.4, -0.2) is 28.0 Å². The molecule has 0 bridgehead atoms. The Kier molecular flexibility index (Phi) is 3.74. The lowest BCUT2D eigenvalue weighted by atomic mass is 10.1. The SMILES string of the molecule is Cn1nc(-c2ccc(F)cc2)cc1C(CN)CO. The van der Waals surface area contributed by atoms with Crippen LogP contribution in [0.5, 0.6) is 0 Å². The van der Waals surface area contributed by atoms with Crippen molar-refractivity contribution >= 4 is 0 Å². The molecule has 1 aromatic heterocycles. The second-order valence-corrected chi connectivity index (χ2v) is 4.20. The molecule has 1 unspecified atom stereocenters. The van der Waals surface area contributed by atoms with E-state index in [1.165, 1.54) is 12.1 Å². The summed E-state index contributed by atoms with van der Waals surface area (Å²) in [5.41, 5.74) is 8.06. The average molecular weight is 249 g/mol. The van der Waals surface area contributed by atoms with E-state index in [0.717, 1.165) is 17.0 Å². The summed E-state index contributed by atoms with van der Waals surface area (Å²) in [6, 6.07) is 8.03. The summed E-state index contributed by atoms with van der Waals surface area (Å²) in [6.45, 7) is 0.345. The van der Waals surface area contributed by atoms with Crippen molar-refractivity contribution in [2.45, 2.75) is 5.92 Å². The van der Waals surface area contributed by atoms with Crippen LogP contribution in [0.4, 0.5) is 4.39 Å². The van der Waals surface area contributed by atoms with Gasteiger partial charge in [0.05, 0.1) is 12.3 Å². The van der Waals surface area contributed by atoms with E-state index in [1.807, 2.05) is 6.07 Å². The lowest BCUT2D eigenvalue weighted by Crippen LogP contribution is -2.18. The van der Waals surface area contributed by atoms with Crippen molar-refractivity contribution in [3.05, 3.63) is 41.8 Å². The molecule has 96 valence electrons. The van der Waals surface area contributed by atoms with E-state index in [-0.39, 0.29) is 18.3 Å². The maximum absolute atomic E-state index is 12.8. The van der Waals surface area contributed by atoms with Gasteiger partial charge in [0.2, 0.25) is 0 Å². The maximum atomic E-state index is 12.8. The molecule has 2 aromatic rings. The van der Waals surface area contributed by atoms with Gasteiger partial charge in [0.1, 0.15) is 5.82 Å². The number of halogens is 1. The van der Waals surface area contributed by atoms with Crippen LogP contribution in [0.25, 0.3) is 11.3 Å². The summed E-state index contributed by atoms with van der Waals surface area (Å²) < 4.78 is 14.5. The Hall–Kier alpha value is -1.72. The summed E-state index contributed by atoms with van der Waals surface area (Å²) in [7, 11) is 1.81. The van der Waals surface area contributed by atoms with Crippen LogP contribution < -0.4 is 5.73 Å². The molecule has 1 aromatic carbocycles. The van der Waals surface area contributed by atoms with Crippen LogP contribution in [-0.2, 0) is 7.05 Å². The number of aliphatic hydroxyl groups is 1. The Balaban J connectivity index is 2.36. The van der Waals surface area contributed by atoms with Gasteiger partial charge in [-0.1, -0.05) is 0 Å². The van der Waals surface area contributed by atoms with E-state index in [9.17, 15) is 9.50 Å². The third-order valence-electron chi connectivity index (χ3n) is 2.98. The van der Waals surface area contributed by atoms with E-state index in [4.69, 9.17) is 5.73 Å². The summed E-state index contributed by atoms with van der Waals surface area (Å²) in [6.07, 6.45) is 0. The highest BCUT2D eigenvalue weighted by atomic mass is 19.1. The number of aromatic nitrogens is 2. The molecule has 0 amide bonds. The molecule has 3 N–H and O–H groups in total. The van der Waals surface area contributed by atoms with Crippen LogP contribution in [0.15, 0.2) is 30.3 Å². The van der Waals surface area contributed by atoms with Gasteiger partial charge in [-0.2, -0.15) is 5.10 Å². The van der Waals surface area contributed by atoms with Crippen LogP contribution >= 0.6 is 0 Å². The molecule has 1 heterocycles. The molecule has 0 fully saturated rings. The molecule has 0 spiro atoms. The number of nitrogens with zero attached hydrogens (tertiary/aromatic N) is 2. The smallest absolute Gasteiger partial charge is 0.123 e. The van der Waals surface area contributed by atoms with E-state index in [0.29, 0.717) is 6.54 Å². The van der Waals surface area contributed by atoms with Gasteiger partial charge in [-0.3, -0.25) is 4.68 Å². The molecule has 0 aliphatic carbocycles. The summed E-state index contributed by atoms with van der Waals surface area (Å²) in [5.74, 6) is -0.401. The number of nitrogens with two attached hydrogens (primary N) is 1. The monoisotopic (exact) mass is 249 g/mol. The maximum Gasteiger partial charge on any atom is 0.123 e. The van der Waals surface area contributed by atoms with Crippen molar-refractivity contribution in [1.82, 2.24) is 9.78 Å². The lowest BCUT2D eigenvalue weighted by Gasteiger charge is -2.10. The Morgan fingerprint density at radius 2 is 2.06 bits per heavy atom. The minimum Gasteiger partial charge on any atom is -0.396 e. The van der Waals surface area contributed by atoms with Crippen molar-refractivity contribution in [3.8, 4) is 11.3 Å². The van der Waals surface area contributed by atoms with Gasteiger partial charge in [0.25, 0.3) is 0 Å². The second-order valence-electron chi connectivity index (χ2n) is 4.20. The molecule has 5 heteroatoms. The quantitative estimate of drug-likeness (QED) is 0.857. The molecule has 0 saturated carbocycles. The fraction of sp³-hybridized carbons (Fsp3) is 0.308. The lowest BCUT2D eigenvalue weighted by molar-refractivity contribution is 0.263. The van der Waals surface area contributed by atoms with Gasteiger partial charge in [0.15, 0.2) is 0 Å². The van der Waals surface area contributed by atoms with Crippen LogP contribution in [0.1, 0.15) is 11.6 Å². The zero-order valence-electron chi connectivity index (χ0n) is 10.2. The highest BCUT2D eigenvalue weighted by Gasteiger charge is 2.15. The second kappa shape index (κ2) is 5.29. The van der Waals surface area contributed by atoms with Gasteiger partial charge < -0.3 is 10.8 Å². The molecule has 4 nitrogen and oxygen atoms in total.